The van der Waals surface area contributed by atoms with Gasteiger partial charge in [0.15, 0.2) is 17.5 Å². The molecule has 0 amide bonds. The molecule has 0 fully saturated rings. The number of benzene rings is 1. The molecule has 1 atom stereocenters. The highest BCUT2D eigenvalue weighted by atomic mass is 19.2. The first kappa shape index (κ1) is 9.84. The summed E-state index contributed by atoms with van der Waals surface area (Å²) in [6.45, 7) is 6.90. The van der Waals surface area contributed by atoms with Gasteiger partial charge in [-0.1, -0.05) is 12.1 Å². The lowest BCUT2D eigenvalue weighted by atomic mass is 10.0. The minimum absolute atomic E-state index is 0.00824. The largest absolute Gasteiger partial charge is 0.204 e. The van der Waals surface area contributed by atoms with Crippen molar-refractivity contribution in [3.05, 3.63) is 54.7 Å². The van der Waals surface area contributed by atoms with E-state index in [1.165, 1.54) is 6.08 Å². The maximum atomic E-state index is 13.0. The van der Waals surface area contributed by atoms with Gasteiger partial charge < -0.3 is 0 Å². The molecule has 0 nitrogen and oxygen atoms in total. The van der Waals surface area contributed by atoms with Crippen LogP contribution in [-0.4, -0.2) is 0 Å². The highest BCUT2D eigenvalue weighted by Crippen LogP contribution is 2.22. The van der Waals surface area contributed by atoms with Crippen molar-refractivity contribution >= 4 is 0 Å². The average molecular weight is 185 g/mol. The van der Waals surface area contributed by atoms with Crippen molar-refractivity contribution in [2.45, 2.75) is 5.92 Å². The molecule has 3 heteroatoms. The van der Waals surface area contributed by atoms with Crippen LogP contribution in [0.4, 0.5) is 13.2 Å². The Hall–Kier alpha value is -1.25. The summed E-state index contributed by atoms with van der Waals surface area (Å²) in [7, 11) is 0. The molecule has 0 aliphatic carbocycles. The smallest absolute Gasteiger partial charge is 0.194 e. The maximum Gasteiger partial charge on any atom is 0.194 e. The molecule has 0 N–H and O–H groups in total. The second-order valence-corrected chi connectivity index (χ2v) is 2.61. The van der Waals surface area contributed by atoms with E-state index in [4.69, 9.17) is 0 Å². The third-order valence-electron chi connectivity index (χ3n) is 1.75. The van der Waals surface area contributed by atoms with Crippen LogP contribution in [0.25, 0.3) is 0 Å². The van der Waals surface area contributed by atoms with Crippen molar-refractivity contribution < 1.29 is 13.2 Å². The average Bonchev–Trinajstić information content (AvgIpc) is 2.13. The molecule has 0 aliphatic heterocycles. The van der Waals surface area contributed by atoms with Crippen LogP contribution in [0.5, 0.6) is 0 Å². The molecule has 0 aromatic heterocycles. The van der Waals surface area contributed by atoms with Gasteiger partial charge in [0.2, 0.25) is 0 Å². The van der Waals surface area contributed by atoms with E-state index in [9.17, 15) is 13.2 Å². The number of rotatable bonds is 2. The van der Waals surface area contributed by atoms with Gasteiger partial charge >= 0.3 is 0 Å². The predicted octanol–water partition coefficient (Wildman–Crippen LogP) is 3.21. The van der Waals surface area contributed by atoms with Gasteiger partial charge in [-0.2, -0.15) is 0 Å². The summed E-state index contributed by atoms with van der Waals surface area (Å²) in [4.78, 5) is 0. The molecule has 1 aromatic rings. The van der Waals surface area contributed by atoms with Crippen LogP contribution in [0.2, 0.25) is 0 Å². The van der Waals surface area contributed by atoms with Gasteiger partial charge in [-0.25, -0.2) is 13.2 Å². The molecule has 1 unspecified atom stereocenters. The highest BCUT2D eigenvalue weighted by molar-refractivity contribution is 5.27. The van der Waals surface area contributed by atoms with E-state index in [0.717, 1.165) is 12.1 Å². The Balaban J connectivity index is 3.25. The predicted molar refractivity (Wildman–Crippen MR) is 44.6 cm³/mol. The van der Waals surface area contributed by atoms with E-state index in [0.29, 0.717) is 0 Å². The molecule has 0 saturated carbocycles. The first-order valence-electron chi connectivity index (χ1n) is 3.67. The lowest BCUT2D eigenvalue weighted by Gasteiger charge is -2.07. The van der Waals surface area contributed by atoms with Crippen molar-refractivity contribution in [3.8, 4) is 0 Å². The van der Waals surface area contributed by atoms with E-state index >= 15 is 0 Å². The molecule has 1 rings (SSSR count). The molecule has 1 radical (unpaired) electrons. The summed E-state index contributed by atoms with van der Waals surface area (Å²) in [5, 5.41) is 0. The van der Waals surface area contributed by atoms with Crippen LogP contribution >= 0.6 is 0 Å². The fraction of sp³-hybridized carbons (Fsp3) is 0.100. The van der Waals surface area contributed by atoms with Crippen molar-refractivity contribution in [1.82, 2.24) is 0 Å². The third kappa shape index (κ3) is 1.74. The van der Waals surface area contributed by atoms with Crippen molar-refractivity contribution in [2.75, 3.05) is 0 Å². The van der Waals surface area contributed by atoms with E-state index in [2.05, 4.69) is 13.5 Å². The lowest BCUT2D eigenvalue weighted by molar-refractivity contribution is 0.441. The molecular weight excluding hydrogens is 177 g/mol. The second kappa shape index (κ2) is 3.64. The molecule has 0 spiro atoms. The molecule has 0 heterocycles. The maximum absolute atomic E-state index is 13.0. The quantitative estimate of drug-likeness (QED) is 0.490. The van der Waals surface area contributed by atoms with Gasteiger partial charge in [0.05, 0.1) is 0 Å². The van der Waals surface area contributed by atoms with E-state index in [1.54, 1.807) is 0 Å². The van der Waals surface area contributed by atoms with Gasteiger partial charge in [0, 0.05) is 5.92 Å². The standard InChI is InChI=1S/C10H8F3/c1-3-6(2)7-4-5-8(11)10(13)9(7)12/h3-6H,1-2H2. The molecule has 0 bridgehead atoms. The Kier molecular flexibility index (Phi) is 2.76. The van der Waals surface area contributed by atoms with Crippen LogP contribution in [0.1, 0.15) is 11.5 Å². The van der Waals surface area contributed by atoms with Crippen molar-refractivity contribution in [2.24, 2.45) is 0 Å². The van der Waals surface area contributed by atoms with Crippen molar-refractivity contribution in [3.63, 3.8) is 0 Å². The monoisotopic (exact) mass is 185 g/mol. The first-order chi connectivity index (χ1) is 6.07. The zero-order chi connectivity index (χ0) is 10.0. The van der Waals surface area contributed by atoms with Crippen LogP contribution in [0, 0.1) is 24.4 Å². The zero-order valence-corrected chi connectivity index (χ0v) is 6.86. The summed E-state index contributed by atoms with van der Waals surface area (Å²) in [6, 6.07) is 2.03. The van der Waals surface area contributed by atoms with E-state index in [-0.39, 0.29) is 5.56 Å². The zero-order valence-electron chi connectivity index (χ0n) is 6.86. The minimum atomic E-state index is -1.46. The number of hydrogen-bond acceptors (Lipinski definition) is 0. The van der Waals surface area contributed by atoms with Crippen LogP contribution in [-0.2, 0) is 0 Å². The third-order valence-corrected chi connectivity index (χ3v) is 1.75. The molecule has 1 aromatic carbocycles. The minimum Gasteiger partial charge on any atom is -0.204 e. The summed E-state index contributed by atoms with van der Waals surface area (Å²) < 4.78 is 38.1. The Bertz CT molecular complexity index is 331. The Morgan fingerprint density at radius 1 is 1.15 bits per heavy atom. The number of hydrogen-bond donors (Lipinski definition) is 0. The van der Waals surface area contributed by atoms with Crippen LogP contribution in [0.15, 0.2) is 24.8 Å². The lowest BCUT2D eigenvalue weighted by Crippen LogP contribution is -1.99. The van der Waals surface area contributed by atoms with Crippen molar-refractivity contribution in [1.29, 1.82) is 0 Å². The highest BCUT2D eigenvalue weighted by Gasteiger charge is 2.15. The van der Waals surface area contributed by atoms with Crippen LogP contribution in [0.3, 0.4) is 0 Å². The number of halogens is 3. The van der Waals surface area contributed by atoms with Crippen LogP contribution < -0.4 is 0 Å². The number of allylic oxidation sites excluding steroid dienone is 1. The molecule has 0 saturated heterocycles. The summed E-state index contributed by atoms with van der Waals surface area (Å²) >= 11 is 0. The van der Waals surface area contributed by atoms with E-state index in [1.807, 2.05) is 0 Å². The molecule has 13 heavy (non-hydrogen) atoms. The summed E-state index contributed by atoms with van der Waals surface area (Å²) in [5.74, 6) is -4.43. The van der Waals surface area contributed by atoms with Gasteiger partial charge in [-0.05, 0) is 18.6 Å². The summed E-state index contributed by atoms with van der Waals surface area (Å²) in [6.07, 6.45) is 1.36. The fourth-order valence-corrected chi connectivity index (χ4v) is 0.954. The normalized spacial score (nSPS) is 12.6. The second-order valence-electron chi connectivity index (χ2n) is 2.61. The van der Waals surface area contributed by atoms with Gasteiger partial charge in [0.25, 0.3) is 0 Å². The summed E-state index contributed by atoms with van der Waals surface area (Å²) in [5.41, 5.74) is 0.00824. The van der Waals surface area contributed by atoms with Gasteiger partial charge in [-0.15, -0.1) is 6.58 Å². The first-order valence-corrected chi connectivity index (χ1v) is 3.67. The Morgan fingerprint density at radius 3 is 2.31 bits per heavy atom. The van der Waals surface area contributed by atoms with E-state index < -0.39 is 23.4 Å². The topological polar surface area (TPSA) is 0 Å². The molecule has 69 valence electrons. The fourth-order valence-electron chi connectivity index (χ4n) is 0.954. The molecule has 0 aliphatic rings. The van der Waals surface area contributed by atoms with Gasteiger partial charge in [-0.3, -0.25) is 0 Å². The Morgan fingerprint density at radius 2 is 1.77 bits per heavy atom. The SMILES string of the molecule is [CH2]C(C=C)c1ccc(F)c(F)c1F. The molecular formula is C10H8F3. The van der Waals surface area contributed by atoms with Gasteiger partial charge in [0.1, 0.15) is 0 Å². The Labute approximate surface area is 74.7 Å².